The zero-order valence-electron chi connectivity index (χ0n) is 10.6. The maximum Gasteiger partial charge on any atom is 0.323 e. The molecule has 1 aliphatic carbocycles. The van der Waals surface area contributed by atoms with Gasteiger partial charge in [-0.3, -0.25) is 0 Å². The number of aryl methyl sites for hydroxylation is 1. The van der Waals surface area contributed by atoms with Gasteiger partial charge in [-0.05, 0) is 48.9 Å². The van der Waals surface area contributed by atoms with Crippen LogP contribution in [0.4, 0.5) is 4.39 Å². The van der Waals surface area contributed by atoms with E-state index >= 15 is 0 Å². The van der Waals surface area contributed by atoms with Gasteiger partial charge in [-0.1, -0.05) is 13.0 Å². The molecule has 0 saturated heterocycles. The minimum absolute atomic E-state index is 0.0992. The van der Waals surface area contributed by atoms with Crippen molar-refractivity contribution in [3.8, 4) is 0 Å². The van der Waals surface area contributed by atoms with Crippen molar-refractivity contribution in [3.05, 3.63) is 57.5 Å². The number of hydrogen-bond donors (Lipinski definition) is 2. The molecule has 96 valence electrons. The molecule has 1 atom stereocenters. The second kappa shape index (κ2) is 5.21. The molecule has 1 aromatic carbocycles. The van der Waals surface area contributed by atoms with Crippen molar-refractivity contribution in [2.75, 3.05) is 0 Å². The molecule has 3 rings (SSSR count). The van der Waals surface area contributed by atoms with Crippen molar-refractivity contribution in [2.45, 2.75) is 26.7 Å². The first-order valence-corrected chi connectivity index (χ1v) is 6.06. The van der Waals surface area contributed by atoms with Gasteiger partial charge in [0.25, 0.3) is 0 Å². The Kier molecular flexibility index (Phi) is 3.65. The molecule has 2 N–H and O–H groups in total. The lowest BCUT2D eigenvalue weighted by molar-refractivity contribution is 0.618. The number of imidazole rings is 1. The van der Waals surface area contributed by atoms with Crippen LogP contribution in [0.15, 0.2) is 29.2 Å². The lowest BCUT2D eigenvalue weighted by Gasteiger charge is -1.95. The molecule has 0 spiro atoms. The fraction of sp³-hybridized carbons (Fsp3) is 0.357. The minimum Gasteiger partial charge on any atom is -0.313 e. The summed E-state index contributed by atoms with van der Waals surface area (Å²) in [6, 6.07) is 5.13. The Bertz CT molecular complexity index is 585. The summed E-state index contributed by atoms with van der Waals surface area (Å²) in [5, 5.41) is 0. The third-order valence-electron chi connectivity index (χ3n) is 3.04. The van der Waals surface area contributed by atoms with Gasteiger partial charge in [0.1, 0.15) is 5.82 Å². The van der Waals surface area contributed by atoms with Gasteiger partial charge in [0.2, 0.25) is 0 Å². The number of benzene rings is 1. The highest BCUT2D eigenvalue weighted by molar-refractivity contribution is 5.32. The van der Waals surface area contributed by atoms with E-state index in [0.717, 1.165) is 18.5 Å². The predicted molar refractivity (Wildman–Crippen MR) is 69.1 cm³/mol. The number of aromatic amines is 2. The predicted octanol–water partition coefficient (Wildman–Crippen LogP) is 2.57. The van der Waals surface area contributed by atoms with E-state index in [4.69, 9.17) is 0 Å². The molecular formula is C14H17FN2O. The van der Waals surface area contributed by atoms with Crippen LogP contribution < -0.4 is 5.69 Å². The molecule has 1 heterocycles. The van der Waals surface area contributed by atoms with E-state index in [1.807, 2.05) is 13.0 Å². The Balaban J connectivity index is 0.000000149. The van der Waals surface area contributed by atoms with Gasteiger partial charge in [-0.2, -0.15) is 0 Å². The topological polar surface area (TPSA) is 48.6 Å². The number of H-pyrrole nitrogens is 2. The second-order valence-corrected chi connectivity index (χ2v) is 4.85. The molecule has 0 amide bonds. The summed E-state index contributed by atoms with van der Waals surface area (Å²) in [5.74, 6) is 0.602. The molecule has 1 aromatic heterocycles. The molecule has 1 unspecified atom stereocenters. The summed E-state index contributed by atoms with van der Waals surface area (Å²) in [7, 11) is 0. The Labute approximate surface area is 105 Å². The number of aromatic nitrogens is 2. The Hall–Kier alpha value is -1.84. The molecular weight excluding hydrogens is 231 g/mol. The first-order chi connectivity index (χ1) is 8.54. The lowest BCUT2D eigenvalue weighted by Crippen LogP contribution is -1.99. The molecule has 2 aromatic rings. The van der Waals surface area contributed by atoms with Crippen molar-refractivity contribution >= 4 is 0 Å². The number of hydrogen-bond acceptors (Lipinski definition) is 1. The van der Waals surface area contributed by atoms with E-state index in [1.54, 1.807) is 18.3 Å². The number of fused-ring (bicyclic) bond motifs is 1. The van der Waals surface area contributed by atoms with Gasteiger partial charge in [-0.25, -0.2) is 9.18 Å². The van der Waals surface area contributed by atoms with Crippen LogP contribution in [-0.2, 0) is 12.8 Å². The highest BCUT2D eigenvalue weighted by Crippen LogP contribution is 2.26. The van der Waals surface area contributed by atoms with E-state index in [-0.39, 0.29) is 11.5 Å². The van der Waals surface area contributed by atoms with E-state index in [1.165, 1.54) is 11.1 Å². The van der Waals surface area contributed by atoms with E-state index in [9.17, 15) is 9.18 Å². The first kappa shape index (κ1) is 12.6. The highest BCUT2D eigenvalue weighted by Gasteiger charge is 2.17. The van der Waals surface area contributed by atoms with Crippen molar-refractivity contribution < 1.29 is 4.39 Å². The van der Waals surface area contributed by atoms with Crippen molar-refractivity contribution in [3.63, 3.8) is 0 Å². The van der Waals surface area contributed by atoms with E-state index in [0.29, 0.717) is 5.92 Å². The van der Waals surface area contributed by atoms with Gasteiger partial charge in [0.05, 0.1) is 0 Å². The van der Waals surface area contributed by atoms with Crippen molar-refractivity contribution in [1.29, 1.82) is 0 Å². The SMILES string of the molecule is CC1Cc2ccc(F)cc2C1.Cc1c[nH]c(=O)[nH]1. The van der Waals surface area contributed by atoms with Gasteiger partial charge in [0.15, 0.2) is 0 Å². The number of rotatable bonds is 0. The van der Waals surface area contributed by atoms with Crippen molar-refractivity contribution in [1.82, 2.24) is 9.97 Å². The summed E-state index contributed by atoms with van der Waals surface area (Å²) in [6.45, 7) is 4.02. The lowest BCUT2D eigenvalue weighted by atomic mass is 10.1. The fourth-order valence-corrected chi connectivity index (χ4v) is 2.23. The monoisotopic (exact) mass is 248 g/mol. The van der Waals surface area contributed by atoms with Crippen LogP contribution in [0.1, 0.15) is 23.7 Å². The summed E-state index contributed by atoms with van der Waals surface area (Å²) in [6.07, 6.45) is 3.80. The number of nitrogens with one attached hydrogen (secondary N) is 2. The molecule has 0 bridgehead atoms. The first-order valence-electron chi connectivity index (χ1n) is 6.06. The quantitative estimate of drug-likeness (QED) is 0.739. The van der Waals surface area contributed by atoms with Crippen LogP contribution in [0.25, 0.3) is 0 Å². The average Bonchev–Trinajstić information content (AvgIpc) is 2.83. The normalized spacial score (nSPS) is 16.9. The zero-order valence-corrected chi connectivity index (χ0v) is 10.6. The Morgan fingerprint density at radius 1 is 1.28 bits per heavy atom. The van der Waals surface area contributed by atoms with Gasteiger partial charge >= 0.3 is 5.69 Å². The van der Waals surface area contributed by atoms with Crippen LogP contribution >= 0.6 is 0 Å². The van der Waals surface area contributed by atoms with Crippen LogP contribution in [0, 0.1) is 18.7 Å². The van der Waals surface area contributed by atoms with Crippen LogP contribution in [0.3, 0.4) is 0 Å². The largest absolute Gasteiger partial charge is 0.323 e. The highest BCUT2D eigenvalue weighted by atomic mass is 19.1. The molecule has 0 radical (unpaired) electrons. The maximum absolute atomic E-state index is 12.7. The third-order valence-corrected chi connectivity index (χ3v) is 3.04. The molecule has 0 saturated carbocycles. The standard InChI is InChI=1S/C10H11F.C4H6N2O/c1-7-4-8-2-3-10(11)6-9(8)5-7;1-3-2-5-4(7)6-3/h2-3,6-7H,4-5H2,1H3;2H,1H3,(H2,5,6,7). The summed E-state index contributed by atoms with van der Waals surface area (Å²) >= 11 is 0. The summed E-state index contributed by atoms with van der Waals surface area (Å²) in [4.78, 5) is 15.2. The zero-order chi connectivity index (χ0) is 13.1. The molecule has 0 fully saturated rings. The third kappa shape index (κ3) is 3.09. The average molecular weight is 248 g/mol. The van der Waals surface area contributed by atoms with Gasteiger partial charge in [-0.15, -0.1) is 0 Å². The molecule has 3 nitrogen and oxygen atoms in total. The van der Waals surface area contributed by atoms with Crippen LogP contribution in [0.5, 0.6) is 0 Å². The van der Waals surface area contributed by atoms with Gasteiger partial charge in [0, 0.05) is 11.9 Å². The van der Waals surface area contributed by atoms with Crippen LogP contribution in [0.2, 0.25) is 0 Å². The molecule has 18 heavy (non-hydrogen) atoms. The van der Waals surface area contributed by atoms with Crippen molar-refractivity contribution in [2.24, 2.45) is 5.92 Å². The summed E-state index contributed by atoms with van der Waals surface area (Å²) < 4.78 is 12.7. The van der Waals surface area contributed by atoms with Gasteiger partial charge < -0.3 is 9.97 Å². The number of halogens is 1. The minimum atomic E-state index is -0.141. The van der Waals surface area contributed by atoms with E-state index < -0.39 is 0 Å². The Morgan fingerprint density at radius 2 is 2.00 bits per heavy atom. The molecule has 4 heteroatoms. The smallest absolute Gasteiger partial charge is 0.313 e. The molecule has 1 aliphatic rings. The summed E-state index contributed by atoms with van der Waals surface area (Å²) in [5.41, 5.74) is 3.26. The Morgan fingerprint density at radius 3 is 2.56 bits per heavy atom. The fourth-order valence-electron chi connectivity index (χ4n) is 2.23. The second-order valence-electron chi connectivity index (χ2n) is 4.85. The maximum atomic E-state index is 12.7. The van der Waals surface area contributed by atoms with E-state index in [2.05, 4.69) is 16.9 Å². The van der Waals surface area contributed by atoms with Crippen LogP contribution in [-0.4, -0.2) is 9.97 Å². The molecule has 0 aliphatic heterocycles.